The van der Waals surface area contributed by atoms with Gasteiger partial charge in [0.25, 0.3) is 0 Å². The predicted molar refractivity (Wildman–Crippen MR) is 308 cm³/mol. The lowest BCUT2D eigenvalue weighted by atomic mass is 9.96. The molecule has 0 aromatic carbocycles. The van der Waals surface area contributed by atoms with Gasteiger partial charge in [0.2, 0.25) is 23.6 Å². The van der Waals surface area contributed by atoms with Crippen LogP contribution in [0.1, 0.15) is 0 Å². The fourth-order valence-corrected chi connectivity index (χ4v) is 9.42. The van der Waals surface area contributed by atoms with Gasteiger partial charge in [-0.3, -0.25) is 19.2 Å². The molecule has 6 saturated heterocycles. The molecule has 86 heavy (non-hydrogen) atoms. The molecule has 42 heteroatoms. The Hall–Kier alpha value is -0.400. The van der Waals surface area contributed by atoms with Crippen molar-refractivity contribution in [2.24, 2.45) is 0 Å². The van der Waals surface area contributed by atoms with E-state index < -0.39 is 235 Å². The molecule has 504 valence electrons. The molecule has 6 heterocycles. The fraction of sp³-hybridized carbons (Fsp3) is 0.909. The molecule has 6 aliphatic rings. The smallest absolute Gasteiger partial charge is 0.231 e. The van der Waals surface area contributed by atoms with E-state index in [1.807, 2.05) is 45.2 Å². The van der Waals surface area contributed by atoms with E-state index in [0.29, 0.717) is 0 Å². The van der Waals surface area contributed by atoms with Crippen LogP contribution in [0.2, 0.25) is 0 Å². The molecule has 6 rings (SSSR count). The number of amides is 4. The van der Waals surface area contributed by atoms with Gasteiger partial charge in [0, 0.05) is 0 Å². The number of alkyl halides is 4. The van der Waals surface area contributed by atoms with Crippen LogP contribution >= 0.6 is 90.4 Å². The number of ether oxygens (including phenoxy) is 8. The predicted octanol–water partition coefficient (Wildman–Crippen LogP) is -15.0. The summed E-state index contributed by atoms with van der Waals surface area (Å²) in [5, 5.41) is 221. The first-order chi connectivity index (χ1) is 40.5. The zero-order chi connectivity index (χ0) is 65.2. The molecule has 0 aromatic rings. The summed E-state index contributed by atoms with van der Waals surface area (Å²) in [4.78, 5) is 45.2. The van der Waals surface area contributed by atoms with E-state index in [2.05, 4.69) is 21.3 Å². The van der Waals surface area contributed by atoms with Crippen molar-refractivity contribution in [1.29, 1.82) is 0 Å². The van der Waals surface area contributed by atoms with Gasteiger partial charge in [0.05, 0.1) is 57.4 Å². The van der Waals surface area contributed by atoms with Gasteiger partial charge in [-0.2, -0.15) is 0 Å². The van der Waals surface area contributed by atoms with Crippen LogP contribution in [0.4, 0.5) is 0 Å². The second-order valence-corrected chi connectivity index (χ2v) is 22.5. The number of aliphatic hydroxyl groups is 22. The Labute approximate surface area is 542 Å². The van der Waals surface area contributed by atoms with Crippen molar-refractivity contribution in [2.45, 2.75) is 184 Å². The van der Waals surface area contributed by atoms with E-state index in [1.165, 1.54) is 0 Å². The Bertz CT molecular complexity index is 1960. The van der Waals surface area contributed by atoms with E-state index in [4.69, 9.17) is 53.2 Å². The lowest BCUT2D eigenvalue weighted by Gasteiger charge is -2.46. The summed E-state index contributed by atoms with van der Waals surface area (Å²) in [5.41, 5.74) is 0. The zero-order valence-corrected chi connectivity index (χ0v) is 53.3. The van der Waals surface area contributed by atoms with Crippen LogP contribution in [0.3, 0.4) is 0 Å². The third-order valence-corrected chi connectivity index (χ3v) is 16.2. The average Bonchev–Trinajstić information content (AvgIpc) is 3.16. The summed E-state index contributed by atoms with van der Waals surface area (Å²) >= 11 is 7.25. The van der Waals surface area contributed by atoms with Crippen molar-refractivity contribution in [3.8, 4) is 0 Å². The molecular weight excluding hydrogens is 1640 g/mol. The quantitative estimate of drug-likeness (QED) is 0.0448. The average molecular weight is 1710 g/mol. The summed E-state index contributed by atoms with van der Waals surface area (Å²) in [6, 6.07) is 0. The Morgan fingerprint density at radius 1 is 0.302 bits per heavy atom. The molecule has 30 atom stereocenters. The monoisotopic (exact) mass is 1710 g/mol. The van der Waals surface area contributed by atoms with Crippen LogP contribution in [-0.2, 0) is 57.1 Å². The first-order valence-corrected chi connectivity index (χ1v) is 31.8. The Kier molecular flexibility index (Phi) is 35.9. The van der Waals surface area contributed by atoms with E-state index in [0.717, 1.165) is 0 Å². The summed E-state index contributed by atoms with van der Waals surface area (Å²) in [7, 11) is 0. The number of carbonyl (C=O) groups excluding carboxylic acids is 4. The Morgan fingerprint density at radius 3 is 0.860 bits per heavy atom. The van der Waals surface area contributed by atoms with Gasteiger partial charge in [-0.1, -0.05) is 90.4 Å². The van der Waals surface area contributed by atoms with Gasteiger partial charge in [-0.05, 0) is 0 Å². The van der Waals surface area contributed by atoms with Gasteiger partial charge in [-0.15, -0.1) is 0 Å². The summed E-state index contributed by atoms with van der Waals surface area (Å²) in [5.74, 6) is -1.66. The summed E-state index contributed by atoms with van der Waals surface area (Å²) in [6.07, 6.45) is -42.6. The topological polar surface area (TPSA) is 635 Å². The van der Waals surface area contributed by atoms with Crippen LogP contribution in [-0.4, -0.2) is 377 Å². The molecule has 0 aromatic heterocycles. The number of hydrogen-bond acceptors (Lipinski definition) is 34. The molecule has 0 bridgehead atoms. The number of rotatable bonds is 18. The lowest BCUT2D eigenvalue weighted by molar-refractivity contribution is -0.343. The second kappa shape index (κ2) is 38.7. The number of aliphatic hydroxyl groups excluding tert-OH is 22. The Morgan fingerprint density at radius 2 is 0.547 bits per heavy atom. The molecule has 4 amide bonds. The third kappa shape index (κ3) is 21.6. The maximum absolute atomic E-state index is 11.5. The highest BCUT2D eigenvalue weighted by atomic mass is 127. The van der Waals surface area contributed by atoms with Crippen molar-refractivity contribution in [1.82, 2.24) is 21.3 Å². The lowest BCUT2D eigenvalue weighted by Crippen LogP contribution is -2.66. The number of carbonyl (C=O) groups is 4. The molecule has 0 spiro atoms. The minimum atomic E-state index is -1.73. The van der Waals surface area contributed by atoms with Crippen LogP contribution in [0.25, 0.3) is 0 Å². The molecule has 0 aliphatic carbocycles. The van der Waals surface area contributed by atoms with Gasteiger partial charge >= 0.3 is 0 Å². The zero-order valence-electron chi connectivity index (χ0n) is 44.6. The number of nitrogens with one attached hydrogen (secondary N) is 4. The minimum absolute atomic E-state index is 0.0784. The molecule has 6 fully saturated rings. The van der Waals surface area contributed by atoms with Crippen LogP contribution in [0.15, 0.2) is 0 Å². The largest absolute Gasteiger partial charge is 0.394 e. The minimum Gasteiger partial charge on any atom is -0.394 e. The Balaban J connectivity index is 0.000000309. The fourth-order valence-electron chi connectivity index (χ4n) is 8.54. The highest BCUT2D eigenvalue weighted by molar-refractivity contribution is 14.1. The van der Waals surface area contributed by atoms with E-state index >= 15 is 0 Å². The molecule has 12 unspecified atom stereocenters. The summed E-state index contributed by atoms with van der Waals surface area (Å²) < 4.78 is 42.4. The van der Waals surface area contributed by atoms with Gasteiger partial charge < -0.3 is 172 Å². The molecule has 0 radical (unpaired) electrons. The molecule has 26 N–H and O–H groups in total. The standard InChI is InChI=1S/2C14H24INO11.2C8H14INO6/c15-1-6(19)16-13-10(23)9(22)12(5(3-18)25-13)27-14-11(24)8(21)7(20)4(2-17)26-14;15-1-6(18)16-13-11(23)9(21)8(20)5(26-13)3-25-14-12(24)10(22)7(19)4(2-17)27-14;2*9-1-4(12)10-8-7(15)6(14)5(13)3(2-11)16-8/h4-5,7-14,17-18,20-24H,1-3H2,(H,16,19);4-5,7-14,17,19-24H,1-3H2,(H,16,18);2*3,5-8,11,13-15H,1-2H2,(H,10,12)/t4?,5?,7-,8-,9+,10?,11?,12+,13+,14-;4?,5?,7-,8-,9+,10+,11?,12?,13-,14-;3?,5-,6+,7?,8-;3?,5-,6-,7?,8+/m0110/s1. The third-order valence-electron chi connectivity index (χ3n) is 13.5. The maximum Gasteiger partial charge on any atom is 0.231 e. The van der Waals surface area contributed by atoms with Gasteiger partial charge in [0.1, 0.15) is 146 Å². The van der Waals surface area contributed by atoms with Crippen LogP contribution < -0.4 is 21.3 Å². The van der Waals surface area contributed by atoms with E-state index in [-0.39, 0.29) is 29.5 Å². The van der Waals surface area contributed by atoms with Crippen molar-refractivity contribution < 1.29 is 169 Å². The molecular formula is C44H76I4N4O34. The van der Waals surface area contributed by atoms with Crippen molar-refractivity contribution in [2.75, 3.05) is 57.4 Å². The van der Waals surface area contributed by atoms with Gasteiger partial charge in [-0.25, -0.2) is 0 Å². The first kappa shape index (κ1) is 79.8. The van der Waals surface area contributed by atoms with Crippen molar-refractivity contribution in [3.05, 3.63) is 0 Å². The highest BCUT2D eigenvalue weighted by Crippen LogP contribution is 2.30. The maximum atomic E-state index is 11.5. The first-order valence-electron chi connectivity index (χ1n) is 25.7. The van der Waals surface area contributed by atoms with E-state index in [9.17, 15) is 116 Å². The SMILES string of the molecule is O=C(CI)N[C@@H]1OC(CO)[C@@H](O)[C@H](O)C1O.O=C(CI)N[C@@H]1OC(CO)[C@@H](O[C@@H]2OC(CO)[C@H](O)[C@H](O)C2O)[C@H](O)C1O.O=C(CI)N[C@@H]1OC(CO)[C@H](O)[C@H](O)C1O.O=C(CI)N[C@@H]1OC(CO[C@@H]2OC(CO)[C@@H](O)[C@H](O)C2O)[C@@H](O)[C@H](O)C1O. The van der Waals surface area contributed by atoms with Crippen molar-refractivity contribution >= 4 is 114 Å². The normalized spacial score (nSPS) is 43.2. The molecule has 0 saturated carbocycles. The van der Waals surface area contributed by atoms with Gasteiger partial charge in [0.15, 0.2) is 37.5 Å². The van der Waals surface area contributed by atoms with E-state index in [1.54, 1.807) is 45.2 Å². The summed E-state index contributed by atoms with van der Waals surface area (Å²) in [6.45, 7) is -3.45. The molecule has 6 aliphatic heterocycles. The van der Waals surface area contributed by atoms with Crippen molar-refractivity contribution in [3.63, 3.8) is 0 Å². The highest BCUT2D eigenvalue weighted by Gasteiger charge is 2.52. The molecule has 38 nitrogen and oxygen atoms in total. The number of halogens is 4. The van der Waals surface area contributed by atoms with Crippen LogP contribution in [0, 0.1) is 0 Å². The number of hydrogen-bond donors (Lipinski definition) is 26. The second-order valence-electron chi connectivity index (χ2n) is 19.5. The van der Waals surface area contributed by atoms with Crippen LogP contribution in [0.5, 0.6) is 0 Å².